The van der Waals surface area contributed by atoms with Crippen LogP contribution in [0.25, 0.3) is 0 Å². The standard InChI is InChI=1S/C15H19F3N2O3/c1-23-12-4-2-11(3-5-12)19-13(21)10-20-8-6-14(22,7-9-20)15(16,17)18/h2-5,22H,6-10H2,1H3,(H,19,21). The van der Waals surface area contributed by atoms with Gasteiger partial charge in [-0.1, -0.05) is 0 Å². The van der Waals surface area contributed by atoms with E-state index in [9.17, 15) is 23.1 Å². The number of aliphatic hydroxyl groups is 1. The number of nitrogens with zero attached hydrogens (tertiary/aromatic N) is 1. The van der Waals surface area contributed by atoms with Crippen LogP contribution >= 0.6 is 0 Å². The Kier molecular flexibility index (Phi) is 5.16. The van der Waals surface area contributed by atoms with Gasteiger partial charge in [0, 0.05) is 18.8 Å². The molecule has 0 radical (unpaired) electrons. The first-order valence-corrected chi connectivity index (χ1v) is 7.19. The van der Waals surface area contributed by atoms with Gasteiger partial charge in [0.1, 0.15) is 5.75 Å². The van der Waals surface area contributed by atoms with Crippen molar-refractivity contribution in [2.75, 3.05) is 32.1 Å². The van der Waals surface area contributed by atoms with Crippen LogP contribution in [0.2, 0.25) is 0 Å². The minimum atomic E-state index is -4.63. The molecule has 1 aliphatic heterocycles. The summed E-state index contributed by atoms with van der Waals surface area (Å²) in [5.74, 6) is 0.345. The topological polar surface area (TPSA) is 61.8 Å². The first-order valence-electron chi connectivity index (χ1n) is 7.19. The van der Waals surface area contributed by atoms with Crippen LogP contribution in [0.5, 0.6) is 5.75 Å². The minimum absolute atomic E-state index is 0.0139. The fourth-order valence-corrected chi connectivity index (χ4v) is 2.44. The molecule has 1 heterocycles. The van der Waals surface area contributed by atoms with Crippen LogP contribution in [0.4, 0.5) is 18.9 Å². The second-order valence-corrected chi connectivity index (χ2v) is 5.58. The summed E-state index contributed by atoms with van der Waals surface area (Å²) in [6, 6.07) is 6.74. The van der Waals surface area contributed by atoms with Crippen molar-refractivity contribution in [1.82, 2.24) is 4.90 Å². The third-order valence-electron chi connectivity index (χ3n) is 3.95. The number of ether oxygens (including phenoxy) is 1. The molecule has 23 heavy (non-hydrogen) atoms. The number of piperidine rings is 1. The lowest BCUT2D eigenvalue weighted by atomic mass is 9.91. The number of amides is 1. The molecule has 5 nitrogen and oxygen atoms in total. The van der Waals surface area contributed by atoms with E-state index in [0.717, 1.165) is 0 Å². The Morgan fingerprint density at radius 2 is 1.87 bits per heavy atom. The first-order chi connectivity index (χ1) is 10.7. The van der Waals surface area contributed by atoms with E-state index >= 15 is 0 Å². The van der Waals surface area contributed by atoms with E-state index in [1.54, 1.807) is 29.2 Å². The Hall–Kier alpha value is -1.80. The number of alkyl halides is 3. The average molecular weight is 332 g/mol. The van der Waals surface area contributed by atoms with E-state index in [0.29, 0.717) is 11.4 Å². The van der Waals surface area contributed by atoms with Gasteiger partial charge in [-0.15, -0.1) is 0 Å². The van der Waals surface area contributed by atoms with E-state index in [1.807, 2.05) is 0 Å². The zero-order valence-corrected chi connectivity index (χ0v) is 12.7. The zero-order chi connectivity index (χ0) is 17.1. The maximum absolute atomic E-state index is 12.7. The maximum atomic E-state index is 12.7. The van der Waals surface area contributed by atoms with E-state index < -0.39 is 24.6 Å². The number of carbonyl (C=O) groups is 1. The van der Waals surface area contributed by atoms with Gasteiger partial charge in [-0.05, 0) is 37.1 Å². The van der Waals surface area contributed by atoms with Crippen molar-refractivity contribution < 1.29 is 27.8 Å². The van der Waals surface area contributed by atoms with Crippen molar-refractivity contribution >= 4 is 11.6 Å². The number of halogens is 3. The number of methoxy groups -OCH3 is 1. The summed E-state index contributed by atoms with van der Waals surface area (Å²) in [5, 5.41) is 12.3. The van der Waals surface area contributed by atoms with E-state index in [2.05, 4.69) is 5.32 Å². The monoisotopic (exact) mass is 332 g/mol. The van der Waals surface area contributed by atoms with Crippen LogP contribution in [0.1, 0.15) is 12.8 Å². The Labute approximate surface area is 132 Å². The number of likely N-dealkylation sites (tertiary alicyclic amines) is 1. The smallest absolute Gasteiger partial charge is 0.417 e. The molecule has 0 unspecified atom stereocenters. The van der Waals surface area contributed by atoms with Crippen LogP contribution in [0.3, 0.4) is 0 Å². The van der Waals surface area contributed by atoms with Crippen LogP contribution < -0.4 is 10.1 Å². The molecule has 0 saturated carbocycles. The molecule has 0 spiro atoms. The Morgan fingerprint density at radius 1 is 1.30 bits per heavy atom. The van der Waals surface area contributed by atoms with Gasteiger partial charge < -0.3 is 15.2 Å². The van der Waals surface area contributed by atoms with Crippen molar-refractivity contribution in [2.24, 2.45) is 0 Å². The van der Waals surface area contributed by atoms with Crippen LogP contribution in [-0.2, 0) is 4.79 Å². The number of nitrogens with one attached hydrogen (secondary N) is 1. The number of hydrogen-bond donors (Lipinski definition) is 2. The van der Waals surface area contributed by atoms with E-state index in [4.69, 9.17) is 4.74 Å². The highest BCUT2D eigenvalue weighted by Crippen LogP contribution is 2.38. The summed E-state index contributed by atoms with van der Waals surface area (Å²) < 4.78 is 43.1. The highest BCUT2D eigenvalue weighted by molar-refractivity contribution is 5.92. The van der Waals surface area contributed by atoms with Gasteiger partial charge in [-0.2, -0.15) is 13.2 Å². The van der Waals surface area contributed by atoms with Crippen LogP contribution in [0.15, 0.2) is 24.3 Å². The van der Waals surface area contributed by atoms with Gasteiger partial charge in [0.15, 0.2) is 5.60 Å². The second-order valence-electron chi connectivity index (χ2n) is 5.58. The number of hydrogen-bond acceptors (Lipinski definition) is 4. The molecule has 1 aromatic rings. The SMILES string of the molecule is COc1ccc(NC(=O)CN2CCC(O)(C(F)(F)F)CC2)cc1. The molecule has 0 atom stereocenters. The molecule has 1 aliphatic rings. The second kappa shape index (κ2) is 6.76. The summed E-state index contributed by atoms with van der Waals surface area (Å²) in [6.45, 7) is 0.0258. The van der Waals surface area contributed by atoms with Gasteiger partial charge in [0.05, 0.1) is 13.7 Å². The number of rotatable bonds is 4. The molecule has 2 rings (SSSR count). The zero-order valence-electron chi connectivity index (χ0n) is 12.7. The van der Waals surface area contributed by atoms with Gasteiger partial charge in [0.2, 0.25) is 5.91 Å². The maximum Gasteiger partial charge on any atom is 0.417 e. The lowest BCUT2D eigenvalue weighted by molar-refractivity contribution is -0.272. The predicted molar refractivity (Wildman–Crippen MR) is 78.3 cm³/mol. The fraction of sp³-hybridized carbons (Fsp3) is 0.533. The summed E-state index contributed by atoms with van der Waals surface area (Å²) in [6.07, 6.45) is -5.48. The summed E-state index contributed by atoms with van der Waals surface area (Å²) >= 11 is 0. The molecular weight excluding hydrogens is 313 g/mol. The summed E-state index contributed by atoms with van der Waals surface area (Å²) in [4.78, 5) is 13.5. The first kappa shape index (κ1) is 17.6. The number of benzene rings is 1. The van der Waals surface area contributed by atoms with Gasteiger partial charge >= 0.3 is 6.18 Å². The Balaban J connectivity index is 1.83. The summed E-state index contributed by atoms with van der Waals surface area (Å²) in [7, 11) is 1.53. The van der Waals surface area contributed by atoms with Crippen LogP contribution in [0, 0.1) is 0 Å². The van der Waals surface area contributed by atoms with E-state index in [-0.39, 0.29) is 25.5 Å². The van der Waals surface area contributed by atoms with Gasteiger partial charge in [-0.3, -0.25) is 9.69 Å². The quantitative estimate of drug-likeness (QED) is 0.886. The highest BCUT2D eigenvalue weighted by atomic mass is 19.4. The van der Waals surface area contributed by atoms with Crippen LogP contribution in [-0.4, -0.2) is 54.4 Å². The molecule has 1 aromatic carbocycles. The molecule has 1 amide bonds. The third kappa shape index (κ3) is 4.35. The van der Waals surface area contributed by atoms with Crippen molar-refractivity contribution in [2.45, 2.75) is 24.6 Å². The Bertz CT molecular complexity index is 538. The highest BCUT2D eigenvalue weighted by Gasteiger charge is 2.54. The molecule has 1 fully saturated rings. The number of carbonyl (C=O) groups excluding carboxylic acids is 1. The lowest BCUT2D eigenvalue weighted by Crippen LogP contribution is -2.54. The van der Waals surface area contributed by atoms with Crippen molar-refractivity contribution in [3.05, 3.63) is 24.3 Å². The molecule has 1 saturated heterocycles. The minimum Gasteiger partial charge on any atom is -0.497 e. The molecular formula is C15H19F3N2O3. The fourth-order valence-electron chi connectivity index (χ4n) is 2.44. The summed E-state index contributed by atoms with van der Waals surface area (Å²) in [5.41, 5.74) is -2.06. The molecule has 2 N–H and O–H groups in total. The van der Waals surface area contributed by atoms with Crippen molar-refractivity contribution in [3.8, 4) is 5.75 Å². The van der Waals surface area contributed by atoms with Crippen molar-refractivity contribution in [3.63, 3.8) is 0 Å². The largest absolute Gasteiger partial charge is 0.497 e. The average Bonchev–Trinajstić information content (AvgIpc) is 2.49. The molecule has 128 valence electrons. The molecule has 0 aliphatic carbocycles. The van der Waals surface area contributed by atoms with E-state index in [1.165, 1.54) is 7.11 Å². The third-order valence-corrected chi connectivity index (χ3v) is 3.95. The van der Waals surface area contributed by atoms with Gasteiger partial charge in [-0.25, -0.2) is 0 Å². The predicted octanol–water partition coefficient (Wildman–Crippen LogP) is 2.02. The van der Waals surface area contributed by atoms with Crippen molar-refractivity contribution in [1.29, 1.82) is 0 Å². The lowest BCUT2D eigenvalue weighted by Gasteiger charge is -2.38. The molecule has 8 heteroatoms. The number of anilines is 1. The Morgan fingerprint density at radius 3 is 2.35 bits per heavy atom. The van der Waals surface area contributed by atoms with Gasteiger partial charge in [0.25, 0.3) is 0 Å². The molecule has 0 bridgehead atoms. The normalized spacial score (nSPS) is 18.5. The molecule has 0 aromatic heterocycles.